The van der Waals surface area contributed by atoms with Gasteiger partial charge in [0.15, 0.2) is 0 Å². The summed E-state index contributed by atoms with van der Waals surface area (Å²) in [6, 6.07) is 3.97. The number of rotatable bonds is 2. The minimum Gasteiger partial charge on any atom is -1.00 e. The van der Waals surface area contributed by atoms with Crippen molar-refractivity contribution in [2.45, 2.75) is 6.92 Å². The van der Waals surface area contributed by atoms with Crippen LogP contribution in [0.2, 0.25) is 0 Å². The molecule has 0 fully saturated rings. The summed E-state index contributed by atoms with van der Waals surface area (Å²) in [6.45, 7) is 2.03. The predicted octanol–water partition coefficient (Wildman–Crippen LogP) is -7.50. The van der Waals surface area contributed by atoms with Gasteiger partial charge in [-0.05, 0) is 24.6 Å². The van der Waals surface area contributed by atoms with Crippen molar-refractivity contribution in [3.8, 4) is 0 Å². The SMILES string of the molecule is CN=Cc1cc(C)cc(C=NC)n1.[Cl-].[Cl-].[Cl-].[V]. The molecule has 1 heterocycles. The number of pyridine rings is 1. The molecule has 0 atom stereocenters. The summed E-state index contributed by atoms with van der Waals surface area (Å²) in [7, 11) is 3.47. The van der Waals surface area contributed by atoms with Crippen LogP contribution in [0.15, 0.2) is 22.1 Å². The second-order valence-electron chi connectivity index (χ2n) is 2.77. The van der Waals surface area contributed by atoms with Gasteiger partial charge in [-0.15, -0.1) is 0 Å². The number of hydrogen-bond acceptors (Lipinski definition) is 3. The van der Waals surface area contributed by atoms with Crippen LogP contribution in [0.5, 0.6) is 0 Å². The average molecular weight is 333 g/mol. The first-order valence-corrected chi connectivity index (χ1v) is 4.09. The Morgan fingerprint density at radius 1 is 0.941 bits per heavy atom. The Bertz CT molecular complexity index is 326. The molecule has 0 spiro atoms. The van der Waals surface area contributed by atoms with Gasteiger partial charge in [-0.25, -0.2) is 4.98 Å². The normalized spacial score (nSPS) is 8.88. The first-order chi connectivity index (χ1) is 6.26. The molecule has 7 heteroatoms. The van der Waals surface area contributed by atoms with E-state index in [1.807, 2.05) is 19.1 Å². The minimum absolute atomic E-state index is 0. The van der Waals surface area contributed by atoms with Gasteiger partial charge in [0.25, 0.3) is 0 Å². The third kappa shape index (κ3) is 9.63. The van der Waals surface area contributed by atoms with Crippen LogP contribution in [0.4, 0.5) is 0 Å². The Morgan fingerprint density at radius 3 is 1.59 bits per heavy atom. The number of aryl methyl sites for hydroxylation is 1. The molecule has 1 aromatic rings. The maximum atomic E-state index is 4.31. The number of nitrogens with zero attached hydrogens (tertiary/aromatic N) is 3. The second kappa shape index (κ2) is 14.0. The molecule has 0 aliphatic carbocycles. The zero-order chi connectivity index (χ0) is 9.68. The van der Waals surface area contributed by atoms with Crippen LogP contribution in [0.1, 0.15) is 17.0 Å². The first kappa shape index (κ1) is 25.7. The van der Waals surface area contributed by atoms with E-state index in [0.717, 1.165) is 11.4 Å². The van der Waals surface area contributed by atoms with Gasteiger partial charge in [0, 0.05) is 45.1 Å². The number of aromatic nitrogens is 1. The average Bonchev–Trinajstić information content (AvgIpc) is 2.04. The number of hydrogen-bond donors (Lipinski definition) is 0. The molecule has 1 radical (unpaired) electrons. The zero-order valence-corrected chi connectivity index (χ0v) is 13.4. The molecule has 0 aromatic carbocycles. The Labute approximate surface area is 133 Å². The quantitative estimate of drug-likeness (QED) is 0.496. The van der Waals surface area contributed by atoms with Crippen molar-refractivity contribution in [2.24, 2.45) is 9.98 Å². The Kier molecular flexibility index (Phi) is 21.2. The van der Waals surface area contributed by atoms with Crippen LogP contribution in [0.25, 0.3) is 0 Å². The monoisotopic (exact) mass is 331 g/mol. The summed E-state index contributed by atoms with van der Waals surface area (Å²) in [4.78, 5) is 12.1. The first-order valence-electron chi connectivity index (χ1n) is 4.09. The summed E-state index contributed by atoms with van der Waals surface area (Å²) >= 11 is 0. The van der Waals surface area contributed by atoms with Crippen molar-refractivity contribution in [1.29, 1.82) is 0 Å². The topological polar surface area (TPSA) is 37.6 Å². The molecule has 0 unspecified atom stereocenters. The van der Waals surface area contributed by atoms with E-state index in [2.05, 4.69) is 15.0 Å². The van der Waals surface area contributed by atoms with E-state index in [4.69, 9.17) is 0 Å². The van der Waals surface area contributed by atoms with Crippen molar-refractivity contribution in [3.63, 3.8) is 0 Å². The van der Waals surface area contributed by atoms with E-state index >= 15 is 0 Å². The summed E-state index contributed by atoms with van der Waals surface area (Å²) in [5.74, 6) is 0. The Balaban J connectivity index is -0.000000211. The maximum Gasteiger partial charge on any atom is 0.0818 e. The number of halogens is 3. The summed E-state index contributed by atoms with van der Waals surface area (Å²) in [6.07, 6.45) is 3.47. The van der Waals surface area contributed by atoms with Crippen molar-refractivity contribution in [1.82, 2.24) is 4.98 Å². The minimum atomic E-state index is 0. The second-order valence-corrected chi connectivity index (χ2v) is 2.77. The molecular formula is C10H13Cl3N3V-3. The molecule has 17 heavy (non-hydrogen) atoms. The van der Waals surface area contributed by atoms with Crippen molar-refractivity contribution < 1.29 is 55.8 Å². The standard InChI is InChI=1S/C10H13N3.3ClH.V/c1-8-4-9(6-11-2)13-10(5-8)7-12-3;;;;/h4-7H,1-3H3;3*1H;/p-3. The van der Waals surface area contributed by atoms with E-state index in [-0.39, 0.29) is 55.8 Å². The van der Waals surface area contributed by atoms with E-state index in [1.54, 1.807) is 26.5 Å². The van der Waals surface area contributed by atoms with Gasteiger partial charge in [0.2, 0.25) is 0 Å². The van der Waals surface area contributed by atoms with Gasteiger partial charge < -0.3 is 37.2 Å². The van der Waals surface area contributed by atoms with Crippen LogP contribution in [0.3, 0.4) is 0 Å². The van der Waals surface area contributed by atoms with Gasteiger partial charge in [0.1, 0.15) is 0 Å². The van der Waals surface area contributed by atoms with E-state index < -0.39 is 0 Å². The molecule has 3 nitrogen and oxygen atoms in total. The van der Waals surface area contributed by atoms with Gasteiger partial charge in [0.05, 0.1) is 11.4 Å². The molecule has 0 saturated heterocycles. The third-order valence-electron chi connectivity index (χ3n) is 1.53. The Hall–Kier alpha value is -0.0556. The largest absolute Gasteiger partial charge is 1.00 e. The van der Waals surface area contributed by atoms with Crippen LogP contribution in [0, 0.1) is 6.92 Å². The summed E-state index contributed by atoms with van der Waals surface area (Å²) in [5.41, 5.74) is 2.91. The molecule has 97 valence electrons. The number of aliphatic imine (C=N–C) groups is 2. The van der Waals surface area contributed by atoms with Gasteiger partial charge in [-0.1, -0.05) is 0 Å². The van der Waals surface area contributed by atoms with Crippen LogP contribution < -0.4 is 37.2 Å². The molecule has 0 bridgehead atoms. The smallest absolute Gasteiger partial charge is 0.0818 e. The third-order valence-corrected chi connectivity index (χ3v) is 1.53. The molecular weight excluding hydrogens is 319 g/mol. The summed E-state index contributed by atoms with van der Waals surface area (Å²) < 4.78 is 0. The van der Waals surface area contributed by atoms with Gasteiger partial charge in [-0.2, -0.15) is 0 Å². The van der Waals surface area contributed by atoms with E-state index in [1.165, 1.54) is 5.56 Å². The molecule has 0 aliphatic rings. The van der Waals surface area contributed by atoms with E-state index in [9.17, 15) is 0 Å². The van der Waals surface area contributed by atoms with Crippen molar-refractivity contribution >= 4 is 12.4 Å². The zero-order valence-electron chi connectivity index (χ0n) is 9.73. The fourth-order valence-corrected chi connectivity index (χ4v) is 1.12. The Morgan fingerprint density at radius 2 is 1.29 bits per heavy atom. The van der Waals surface area contributed by atoms with Crippen LogP contribution >= 0.6 is 0 Å². The van der Waals surface area contributed by atoms with Gasteiger partial charge in [-0.3, -0.25) is 9.98 Å². The van der Waals surface area contributed by atoms with Gasteiger partial charge >= 0.3 is 0 Å². The van der Waals surface area contributed by atoms with Crippen molar-refractivity contribution in [3.05, 3.63) is 29.1 Å². The molecule has 0 amide bonds. The predicted molar refractivity (Wildman–Crippen MR) is 56.0 cm³/mol. The fourth-order valence-electron chi connectivity index (χ4n) is 1.12. The maximum absolute atomic E-state index is 4.31. The molecule has 0 saturated carbocycles. The molecule has 1 aromatic heterocycles. The van der Waals surface area contributed by atoms with E-state index in [0.29, 0.717) is 0 Å². The molecule has 1 rings (SSSR count). The van der Waals surface area contributed by atoms with Crippen molar-refractivity contribution in [2.75, 3.05) is 14.1 Å². The molecule has 0 N–H and O–H groups in total. The van der Waals surface area contributed by atoms with Crippen LogP contribution in [-0.2, 0) is 18.6 Å². The van der Waals surface area contributed by atoms with Crippen LogP contribution in [-0.4, -0.2) is 31.5 Å². The summed E-state index contributed by atoms with van der Waals surface area (Å²) in [5, 5.41) is 0. The molecule has 0 aliphatic heterocycles. The fraction of sp³-hybridized carbons (Fsp3) is 0.300.